The molecular formula is C11H11N3. The number of hydrogen-bond acceptors (Lipinski definition) is 3. The van der Waals surface area contributed by atoms with E-state index in [1.165, 1.54) is 0 Å². The molecule has 3 nitrogen and oxygen atoms in total. The minimum Gasteiger partial charge on any atom is -0.397 e. The van der Waals surface area contributed by atoms with Crippen LogP contribution in [0, 0.1) is 29.6 Å². The Morgan fingerprint density at radius 2 is 2.00 bits per heavy atom. The van der Waals surface area contributed by atoms with E-state index < -0.39 is 0 Å². The molecule has 0 aliphatic rings. The normalized spacial score (nSPS) is 9.14. The molecule has 0 atom stereocenters. The minimum absolute atomic E-state index is 0.303. The Morgan fingerprint density at radius 3 is 2.43 bits per heavy atom. The second-order valence-electron chi connectivity index (χ2n) is 3.09. The number of hydrogen-bond donors (Lipinski definition) is 1. The van der Waals surface area contributed by atoms with Crippen molar-refractivity contribution < 1.29 is 0 Å². The van der Waals surface area contributed by atoms with Gasteiger partial charge < -0.3 is 5.73 Å². The summed E-state index contributed by atoms with van der Waals surface area (Å²) in [6, 6.07) is 5.77. The van der Waals surface area contributed by atoms with Gasteiger partial charge in [-0.15, -0.1) is 0 Å². The average molecular weight is 185 g/mol. The fraction of sp³-hybridized carbons (Fsp3) is 0.273. The standard InChI is InChI=1S/C11H11N3/c1-3-9-7(2)4-8(5-12)11(14)10(9)6-13/h4H,3,14H2,1-2H3. The summed E-state index contributed by atoms with van der Waals surface area (Å²) >= 11 is 0. The molecule has 0 heterocycles. The van der Waals surface area contributed by atoms with Crippen LogP contribution in [0.5, 0.6) is 0 Å². The van der Waals surface area contributed by atoms with Crippen molar-refractivity contribution >= 4 is 5.69 Å². The summed E-state index contributed by atoms with van der Waals surface area (Å²) in [6.45, 7) is 3.86. The maximum Gasteiger partial charge on any atom is 0.102 e. The maximum atomic E-state index is 8.94. The number of rotatable bonds is 1. The quantitative estimate of drug-likeness (QED) is 0.679. The van der Waals surface area contributed by atoms with E-state index in [0.29, 0.717) is 16.8 Å². The third kappa shape index (κ3) is 1.41. The Kier molecular flexibility index (Phi) is 2.74. The van der Waals surface area contributed by atoms with E-state index in [9.17, 15) is 0 Å². The molecule has 0 aromatic heterocycles. The molecule has 0 aliphatic heterocycles. The molecule has 70 valence electrons. The smallest absolute Gasteiger partial charge is 0.102 e. The SMILES string of the molecule is CCc1c(C)cc(C#N)c(N)c1C#N. The summed E-state index contributed by atoms with van der Waals surface area (Å²) in [5.41, 5.74) is 8.73. The predicted molar refractivity (Wildman–Crippen MR) is 54.4 cm³/mol. The first kappa shape index (κ1) is 10.1. The minimum atomic E-state index is 0.303. The van der Waals surface area contributed by atoms with Gasteiger partial charge in [-0.2, -0.15) is 10.5 Å². The van der Waals surface area contributed by atoms with Gasteiger partial charge in [0.05, 0.1) is 16.8 Å². The van der Waals surface area contributed by atoms with Gasteiger partial charge in [0.2, 0.25) is 0 Å². The van der Waals surface area contributed by atoms with E-state index in [1.807, 2.05) is 19.9 Å². The Balaban J connectivity index is 3.61. The van der Waals surface area contributed by atoms with Crippen molar-refractivity contribution in [1.82, 2.24) is 0 Å². The third-order valence-corrected chi connectivity index (χ3v) is 2.28. The topological polar surface area (TPSA) is 73.6 Å². The van der Waals surface area contributed by atoms with E-state index in [-0.39, 0.29) is 0 Å². The van der Waals surface area contributed by atoms with Crippen LogP contribution in [-0.2, 0) is 6.42 Å². The molecule has 0 amide bonds. The third-order valence-electron chi connectivity index (χ3n) is 2.28. The lowest BCUT2D eigenvalue weighted by Crippen LogP contribution is -2.01. The number of anilines is 1. The molecular weight excluding hydrogens is 174 g/mol. The van der Waals surface area contributed by atoms with Gasteiger partial charge in [0.25, 0.3) is 0 Å². The largest absolute Gasteiger partial charge is 0.397 e. The first-order chi connectivity index (χ1) is 6.65. The Hall–Kier alpha value is -2.00. The summed E-state index contributed by atoms with van der Waals surface area (Å²) in [6.07, 6.45) is 0.755. The van der Waals surface area contributed by atoms with Crippen molar-refractivity contribution in [2.45, 2.75) is 20.3 Å². The molecule has 3 heteroatoms. The number of benzene rings is 1. The molecule has 0 bridgehead atoms. The Bertz CT molecular complexity index is 443. The van der Waals surface area contributed by atoms with Crippen LogP contribution in [0.15, 0.2) is 6.07 Å². The van der Waals surface area contributed by atoms with Crippen LogP contribution in [0.25, 0.3) is 0 Å². The van der Waals surface area contributed by atoms with Crippen molar-refractivity contribution in [3.8, 4) is 12.1 Å². The van der Waals surface area contributed by atoms with Gasteiger partial charge >= 0.3 is 0 Å². The van der Waals surface area contributed by atoms with E-state index >= 15 is 0 Å². The van der Waals surface area contributed by atoms with E-state index in [1.54, 1.807) is 6.07 Å². The number of aryl methyl sites for hydroxylation is 1. The zero-order valence-corrected chi connectivity index (χ0v) is 8.26. The lowest BCUT2D eigenvalue weighted by molar-refractivity contribution is 1.10. The predicted octanol–water partition coefficient (Wildman–Crippen LogP) is 1.88. The van der Waals surface area contributed by atoms with Gasteiger partial charge in [-0.05, 0) is 30.5 Å². The molecule has 0 saturated heterocycles. The molecule has 14 heavy (non-hydrogen) atoms. The fourth-order valence-electron chi connectivity index (χ4n) is 1.55. The van der Waals surface area contributed by atoms with Crippen LogP contribution < -0.4 is 5.73 Å². The number of nitrogen functional groups attached to an aromatic ring is 1. The highest BCUT2D eigenvalue weighted by Crippen LogP contribution is 2.24. The molecule has 0 unspecified atom stereocenters. The van der Waals surface area contributed by atoms with Crippen molar-refractivity contribution in [1.29, 1.82) is 10.5 Å². The molecule has 0 radical (unpaired) electrons. The van der Waals surface area contributed by atoms with Crippen LogP contribution >= 0.6 is 0 Å². The van der Waals surface area contributed by atoms with Crippen molar-refractivity contribution in [2.24, 2.45) is 0 Å². The van der Waals surface area contributed by atoms with Crippen LogP contribution in [0.1, 0.15) is 29.2 Å². The summed E-state index contributed by atoms with van der Waals surface area (Å²) in [7, 11) is 0. The van der Waals surface area contributed by atoms with Crippen molar-refractivity contribution in [2.75, 3.05) is 5.73 Å². The highest BCUT2D eigenvalue weighted by Gasteiger charge is 2.11. The first-order valence-corrected chi connectivity index (χ1v) is 4.37. The van der Waals surface area contributed by atoms with E-state index in [0.717, 1.165) is 17.5 Å². The monoisotopic (exact) mass is 185 g/mol. The van der Waals surface area contributed by atoms with Gasteiger partial charge in [0, 0.05) is 0 Å². The molecule has 1 aromatic rings. The second kappa shape index (κ2) is 3.81. The van der Waals surface area contributed by atoms with Gasteiger partial charge in [-0.1, -0.05) is 6.92 Å². The van der Waals surface area contributed by atoms with Crippen LogP contribution in [-0.4, -0.2) is 0 Å². The summed E-state index contributed by atoms with van der Waals surface area (Å²) in [5, 5.41) is 17.7. The number of nitriles is 2. The Morgan fingerprint density at radius 1 is 1.36 bits per heavy atom. The van der Waals surface area contributed by atoms with Crippen LogP contribution in [0.3, 0.4) is 0 Å². The van der Waals surface area contributed by atoms with Crippen molar-refractivity contribution in [3.05, 3.63) is 28.3 Å². The van der Waals surface area contributed by atoms with Crippen LogP contribution in [0.2, 0.25) is 0 Å². The van der Waals surface area contributed by atoms with Gasteiger partial charge in [0.15, 0.2) is 0 Å². The summed E-state index contributed by atoms with van der Waals surface area (Å²) in [5.74, 6) is 0. The molecule has 0 saturated carbocycles. The lowest BCUT2D eigenvalue weighted by Gasteiger charge is -2.09. The number of nitrogens with two attached hydrogens (primary N) is 1. The van der Waals surface area contributed by atoms with Gasteiger partial charge in [0.1, 0.15) is 12.1 Å². The zero-order valence-electron chi connectivity index (χ0n) is 8.26. The molecule has 0 spiro atoms. The van der Waals surface area contributed by atoms with Gasteiger partial charge in [-0.3, -0.25) is 0 Å². The average Bonchev–Trinajstić information content (AvgIpc) is 2.20. The van der Waals surface area contributed by atoms with Crippen molar-refractivity contribution in [3.63, 3.8) is 0 Å². The highest BCUT2D eigenvalue weighted by molar-refractivity contribution is 5.68. The highest BCUT2D eigenvalue weighted by atomic mass is 14.6. The first-order valence-electron chi connectivity index (χ1n) is 4.37. The zero-order chi connectivity index (χ0) is 10.7. The molecule has 0 fully saturated rings. The van der Waals surface area contributed by atoms with E-state index in [4.69, 9.17) is 16.3 Å². The number of nitrogens with zero attached hydrogens (tertiary/aromatic N) is 2. The molecule has 0 aliphatic carbocycles. The van der Waals surface area contributed by atoms with Gasteiger partial charge in [-0.25, -0.2) is 0 Å². The van der Waals surface area contributed by atoms with Crippen LogP contribution in [0.4, 0.5) is 5.69 Å². The molecule has 2 N–H and O–H groups in total. The maximum absolute atomic E-state index is 8.94. The fourth-order valence-corrected chi connectivity index (χ4v) is 1.55. The molecule has 1 rings (SSSR count). The van der Waals surface area contributed by atoms with E-state index in [2.05, 4.69) is 6.07 Å². The summed E-state index contributed by atoms with van der Waals surface area (Å²) in [4.78, 5) is 0. The summed E-state index contributed by atoms with van der Waals surface area (Å²) < 4.78 is 0. The Labute approximate surface area is 83.4 Å². The lowest BCUT2D eigenvalue weighted by atomic mass is 9.95. The molecule has 1 aromatic carbocycles. The second-order valence-corrected chi connectivity index (χ2v) is 3.09.